The molecule has 5 heteroatoms. The van der Waals surface area contributed by atoms with Gasteiger partial charge in [-0.3, -0.25) is 4.79 Å². The zero-order chi connectivity index (χ0) is 18.4. The van der Waals surface area contributed by atoms with Crippen molar-refractivity contribution in [2.75, 3.05) is 11.9 Å². The molecular formula is C21H18FNO2S. The molecule has 26 heavy (non-hydrogen) atoms. The summed E-state index contributed by atoms with van der Waals surface area (Å²) in [6.45, 7) is 2.50. The predicted octanol–water partition coefficient (Wildman–Crippen LogP) is 5.47. The lowest BCUT2D eigenvalue weighted by Crippen LogP contribution is -2.13. The molecule has 0 bridgehead atoms. The molecule has 2 aromatic carbocycles. The summed E-state index contributed by atoms with van der Waals surface area (Å²) < 4.78 is 18.7. The van der Waals surface area contributed by atoms with E-state index in [9.17, 15) is 9.18 Å². The molecule has 0 aliphatic rings. The monoisotopic (exact) mass is 367 g/mol. The maximum atomic E-state index is 13.2. The molecule has 132 valence electrons. The zero-order valence-corrected chi connectivity index (χ0v) is 15.1. The Morgan fingerprint density at radius 2 is 1.85 bits per heavy atom. The molecular weight excluding hydrogens is 349 g/mol. The van der Waals surface area contributed by atoms with Crippen molar-refractivity contribution in [1.82, 2.24) is 0 Å². The molecule has 0 saturated carbocycles. The Hall–Kier alpha value is -2.92. The van der Waals surface area contributed by atoms with E-state index in [-0.39, 0.29) is 11.7 Å². The number of halogens is 1. The first-order valence-corrected chi connectivity index (χ1v) is 9.09. The predicted molar refractivity (Wildman–Crippen MR) is 105 cm³/mol. The van der Waals surface area contributed by atoms with Gasteiger partial charge in [-0.1, -0.05) is 18.2 Å². The molecule has 0 atom stereocenters. The van der Waals surface area contributed by atoms with Crippen molar-refractivity contribution in [2.45, 2.75) is 6.92 Å². The van der Waals surface area contributed by atoms with Crippen molar-refractivity contribution in [3.05, 3.63) is 82.3 Å². The van der Waals surface area contributed by atoms with E-state index in [1.165, 1.54) is 23.5 Å². The number of amides is 1. The molecule has 1 amide bonds. The summed E-state index contributed by atoms with van der Waals surface area (Å²) >= 11 is 1.53. The Bertz CT molecular complexity index is 885. The number of hydrogen-bond donors (Lipinski definition) is 1. The van der Waals surface area contributed by atoms with Crippen LogP contribution in [-0.4, -0.2) is 12.5 Å². The largest absolute Gasteiger partial charge is 0.494 e. The fourth-order valence-corrected chi connectivity index (χ4v) is 3.08. The Labute approximate surface area is 155 Å². The van der Waals surface area contributed by atoms with Crippen LogP contribution in [-0.2, 0) is 4.79 Å². The van der Waals surface area contributed by atoms with Crippen LogP contribution in [0.4, 0.5) is 10.1 Å². The van der Waals surface area contributed by atoms with Gasteiger partial charge in [0.1, 0.15) is 11.6 Å². The van der Waals surface area contributed by atoms with Gasteiger partial charge in [-0.05, 0) is 66.4 Å². The van der Waals surface area contributed by atoms with Crippen molar-refractivity contribution in [1.29, 1.82) is 0 Å². The molecule has 1 N–H and O–H groups in total. The number of ether oxygens (including phenoxy) is 1. The van der Waals surface area contributed by atoms with E-state index in [1.54, 1.807) is 36.4 Å². The van der Waals surface area contributed by atoms with Gasteiger partial charge in [-0.15, -0.1) is 11.3 Å². The minimum absolute atomic E-state index is 0.255. The fourth-order valence-electron chi connectivity index (χ4n) is 2.42. The first-order valence-electron chi connectivity index (χ1n) is 8.21. The number of rotatable bonds is 6. The van der Waals surface area contributed by atoms with Crippen LogP contribution < -0.4 is 10.1 Å². The number of carbonyl (C=O) groups excluding carboxylic acids is 1. The number of thiophene rings is 1. The number of hydrogen-bond acceptors (Lipinski definition) is 3. The van der Waals surface area contributed by atoms with Gasteiger partial charge in [0, 0.05) is 16.1 Å². The second-order valence-corrected chi connectivity index (χ2v) is 6.47. The fraction of sp³-hybridized carbons (Fsp3) is 0.0952. The molecule has 3 aromatic rings. The van der Waals surface area contributed by atoms with Crippen LogP contribution in [0.2, 0.25) is 0 Å². The van der Waals surface area contributed by atoms with Crippen LogP contribution in [0.3, 0.4) is 0 Å². The molecule has 1 heterocycles. The van der Waals surface area contributed by atoms with Crippen molar-refractivity contribution in [3.63, 3.8) is 0 Å². The van der Waals surface area contributed by atoms with Crippen LogP contribution in [0, 0.1) is 5.82 Å². The van der Waals surface area contributed by atoms with E-state index < -0.39 is 0 Å². The van der Waals surface area contributed by atoms with Crippen LogP contribution in [0.5, 0.6) is 5.75 Å². The highest BCUT2D eigenvalue weighted by Gasteiger charge is 2.13. The van der Waals surface area contributed by atoms with Crippen LogP contribution in [0.15, 0.2) is 66.0 Å². The number of nitrogens with one attached hydrogen (secondary N) is 1. The third-order valence-electron chi connectivity index (χ3n) is 3.65. The normalized spacial score (nSPS) is 11.2. The van der Waals surface area contributed by atoms with Crippen molar-refractivity contribution in [3.8, 4) is 5.75 Å². The van der Waals surface area contributed by atoms with E-state index in [0.717, 1.165) is 10.6 Å². The average Bonchev–Trinajstić information content (AvgIpc) is 3.16. The average molecular weight is 367 g/mol. The molecule has 0 radical (unpaired) electrons. The van der Waals surface area contributed by atoms with Gasteiger partial charge < -0.3 is 10.1 Å². The van der Waals surface area contributed by atoms with Gasteiger partial charge in [0.15, 0.2) is 0 Å². The van der Waals surface area contributed by atoms with Gasteiger partial charge >= 0.3 is 0 Å². The summed E-state index contributed by atoms with van der Waals surface area (Å²) in [6, 6.07) is 16.9. The highest BCUT2D eigenvalue weighted by atomic mass is 32.1. The van der Waals surface area contributed by atoms with Crippen LogP contribution in [0.25, 0.3) is 11.6 Å². The highest BCUT2D eigenvalue weighted by molar-refractivity contribution is 7.11. The van der Waals surface area contributed by atoms with Crippen LogP contribution in [0.1, 0.15) is 17.4 Å². The smallest absolute Gasteiger partial charge is 0.256 e. The van der Waals surface area contributed by atoms with Gasteiger partial charge in [-0.2, -0.15) is 0 Å². The number of carbonyl (C=O) groups is 1. The molecule has 0 fully saturated rings. The summed E-state index contributed by atoms with van der Waals surface area (Å²) in [5, 5.41) is 4.83. The number of anilines is 1. The first-order chi connectivity index (χ1) is 12.7. The standard InChI is InChI=1S/C21H18FNO2S/c1-2-25-18-11-9-17(10-12-18)23-21(24)20(14-19-4-3-13-26-19)15-5-7-16(22)8-6-15/h3-14H,2H2,1H3,(H,23,24)/b20-14+. The summed E-state index contributed by atoms with van der Waals surface area (Å²) in [5.74, 6) is 0.156. The quantitative estimate of drug-likeness (QED) is 0.587. The summed E-state index contributed by atoms with van der Waals surface area (Å²) in [4.78, 5) is 13.8. The third kappa shape index (κ3) is 4.58. The lowest BCUT2D eigenvalue weighted by Gasteiger charge is -2.10. The summed E-state index contributed by atoms with van der Waals surface area (Å²) in [6.07, 6.45) is 1.81. The molecule has 0 aliphatic heterocycles. The Balaban J connectivity index is 1.86. The highest BCUT2D eigenvalue weighted by Crippen LogP contribution is 2.24. The maximum Gasteiger partial charge on any atom is 0.256 e. The van der Waals surface area contributed by atoms with E-state index in [2.05, 4.69) is 5.32 Å². The van der Waals surface area contributed by atoms with Gasteiger partial charge in [0.05, 0.1) is 6.61 Å². The van der Waals surface area contributed by atoms with Gasteiger partial charge in [0.25, 0.3) is 5.91 Å². The molecule has 3 nitrogen and oxygen atoms in total. The number of benzene rings is 2. The van der Waals surface area contributed by atoms with Gasteiger partial charge in [-0.25, -0.2) is 4.39 Å². The van der Waals surface area contributed by atoms with E-state index >= 15 is 0 Å². The third-order valence-corrected chi connectivity index (χ3v) is 4.47. The minimum Gasteiger partial charge on any atom is -0.494 e. The molecule has 0 unspecified atom stereocenters. The van der Waals surface area contributed by atoms with Gasteiger partial charge in [0.2, 0.25) is 0 Å². The van der Waals surface area contributed by atoms with E-state index in [1.807, 2.05) is 30.5 Å². The zero-order valence-electron chi connectivity index (χ0n) is 14.2. The first kappa shape index (κ1) is 17.9. The second kappa shape index (κ2) is 8.45. The summed E-state index contributed by atoms with van der Waals surface area (Å²) in [5.41, 5.74) is 1.79. The second-order valence-electron chi connectivity index (χ2n) is 5.49. The summed E-state index contributed by atoms with van der Waals surface area (Å²) in [7, 11) is 0. The topological polar surface area (TPSA) is 38.3 Å². The Kier molecular flexibility index (Phi) is 5.81. The van der Waals surface area contributed by atoms with E-state index in [0.29, 0.717) is 23.4 Å². The molecule has 0 spiro atoms. The molecule has 3 rings (SSSR count). The minimum atomic E-state index is -0.337. The lowest BCUT2D eigenvalue weighted by atomic mass is 10.0. The van der Waals surface area contributed by atoms with Crippen molar-refractivity contribution >= 4 is 34.6 Å². The SMILES string of the molecule is CCOc1ccc(NC(=O)/C(=C/c2cccs2)c2ccc(F)cc2)cc1. The Morgan fingerprint density at radius 3 is 2.46 bits per heavy atom. The van der Waals surface area contributed by atoms with Crippen LogP contribution >= 0.6 is 11.3 Å². The van der Waals surface area contributed by atoms with Crippen molar-refractivity contribution < 1.29 is 13.9 Å². The molecule has 1 aromatic heterocycles. The maximum absolute atomic E-state index is 13.2. The molecule has 0 saturated heterocycles. The lowest BCUT2D eigenvalue weighted by molar-refractivity contribution is -0.111. The Morgan fingerprint density at radius 1 is 1.12 bits per heavy atom. The molecule has 0 aliphatic carbocycles. The van der Waals surface area contributed by atoms with Crippen molar-refractivity contribution in [2.24, 2.45) is 0 Å². The van der Waals surface area contributed by atoms with E-state index in [4.69, 9.17) is 4.74 Å².